The fourth-order valence-electron chi connectivity index (χ4n) is 3.90. The summed E-state index contributed by atoms with van der Waals surface area (Å²) < 4.78 is 48.0. The standard InChI is InChI=1S/C23H30N2O8S/c1-17-8-10-18(11-9-17)33-23(27)31-15-14-30-13-12-24-34(28,29)25-22(26)32-16-21-19-6-4-2-3-5-7-20(19)21/h8-11,19-21,24H,4-7,12-16H2,1H3,(H,25,26)/t19-,20+,21?. The Labute approximate surface area is 199 Å². The SMILES string of the molecule is Cc1ccc(OC(=O)OCCOCCNS(=O)(=O)NC(=O)OCC2[C@H]3CCC#CCC[C@@H]23)cc1. The molecule has 0 spiro atoms. The quantitative estimate of drug-likeness (QED) is 0.208. The molecule has 2 aliphatic carbocycles. The molecule has 0 saturated heterocycles. The lowest BCUT2D eigenvalue weighted by Crippen LogP contribution is -2.42. The van der Waals surface area contributed by atoms with E-state index in [-0.39, 0.29) is 38.9 Å². The van der Waals surface area contributed by atoms with Gasteiger partial charge in [0, 0.05) is 19.4 Å². The predicted molar refractivity (Wildman–Crippen MR) is 122 cm³/mol. The van der Waals surface area contributed by atoms with Gasteiger partial charge < -0.3 is 18.9 Å². The lowest BCUT2D eigenvalue weighted by Gasteiger charge is -2.10. The minimum absolute atomic E-state index is 0.0137. The van der Waals surface area contributed by atoms with Gasteiger partial charge in [-0.2, -0.15) is 13.1 Å². The van der Waals surface area contributed by atoms with E-state index in [4.69, 9.17) is 18.9 Å². The van der Waals surface area contributed by atoms with Crippen LogP contribution in [0.1, 0.15) is 31.2 Å². The van der Waals surface area contributed by atoms with Gasteiger partial charge in [0.05, 0.1) is 19.8 Å². The van der Waals surface area contributed by atoms with E-state index >= 15 is 0 Å². The van der Waals surface area contributed by atoms with Gasteiger partial charge in [-0.25, -0.2) is 14.3 Å². The molecule has 1 amide bonds. The fourth-order valence-corrected chi connectivity index (χ4v) is 4.60. The molecule has 2 aliphatic rings. The van der Waals surface area contributed by atoms with Gasteiger partial charge in [0.15, 0.2) is 0 Å². The number of carbonyl (C=O) groups excluding carboxylic acids is 2. The number of ether oxygens (including phenoxy) is 4. The maximum atomic E-state index is 11.9. The zero-order valence-corrected chi connectivity index (χ0v) is 19.9. The molecule has 34 heavy (non-hydrogen) atoms. The molecule has 186 valence electrons. The van der Waals surface area contributed by atoms with Crippen LogP contribution in [0, 0.1) is 36.5 Å². The summed E-state index contributed by atoms with van der Waals surface area (Å²) in [6, 6.07) is 6.91. The number of carbonyl (C=O) groups is 2. The Morgan fingerprint density at radius 3 is 2.35 bits per heavy atom. The van der Waals surface area contributed by atoms with Crippen molar-refractivity contribution in [3.05, 3.63) is 29.8 Å². The van der Waals surface area contributed by atoms with E-state index in [1.54, 1.807) is 24.3 Å². The van der Waals surface area contributed by atoms with Crippen molar-refractivity contribution in [3.8, 4) is 17.6 Å². The average Bonchev–Trinajstić information content (AvgIpc) is 3.41. The van der Waals surface area contributed by atoms with Gasteiger partial charge in [-0.05, 0) is 49.7 Å². The first-order chi connectivity index (χ1) is 16.3. The average molecular weight is 495 g/mol. The third kappa shape index (κ3) is 8.85. The number of fused-ring (bicyclic) bond motifs is 1. The van der Waals surface area contributed by atoms with Crippen molar-refractivity contribution in [1.29, 1.82) is 0 Å². The van der Waals surface area contributed by atoms with Crippen LogP contribution < -0.4 is 14.2 Å². The molecule has 0 aromatic heterocycles. The Morgan fingerprint density at radius 1 is 1.00 bits per heavy atom. The highest BCUT2D eigenvalue weighted by atomic mass is 32.2. The van der Waals surface area contributed by atoms with Crippen LogP contribution in [0.15, 0.2) is 24.3 Å². The number of benzene rings is 1. The fraction of sp³-hybridized carbons (Fsp3) is 0.565. The summed E-state index contributed by atoms with van der Waals surface area (Å²) in [6.07, 6.45) is 1.82. The summed E-state index contributed by atoms with van der Waals surface area (Å²) >= 11 is 0. The Bertz CT molecular complexity index is 982. The molecule has 10 nitrogen and oxygen atoms in total. The minimum atomic E-state index is -4.07. The number of hydrogen-bond acceptors (Lipinski definition) is 8. The molecule has 2 N–H and O–H groups in total. The molecule has 3 atom stereocenters. The monoisotopic (exact) mass is 494 g/mol. The van der Waals surface area contributed by atoms with Crippen molar-refractivity contribution in [1.82, 2.24) is 9.44 Å². The molecule has 1 fully saturated rings. The van der Waals surface area contributed by atoms with Crippen molar-refractivity contribution in [2.75, 3.05) is 33.0 Å². The van der Waals surface area contributed by atoms with Crippen molar-refractivity contribution in [3.63, 3.8) is 0 Å². The molecule has 3 rings (SSSR count). The van der Waals surface area contributed by atoms with E-state index < -0.39 is 22.5 Å². The second-order valence-electron chi connectivity index (χ2n) is 8.15. The van der Waals surface area contributed by atoms with E-state index in [0.717, 1.165) is 31.2 Å². The third-order valence-electron chi connectivity index (χ3n) is 5.67. The van der Waals surface area contributed by atoms with E-state index in [2.05, 4.69) is 16.6 Å². The third-order valence-corrected chi connectivity index (χ3v) is 6.69. The Hall–Kier alpha value is -2.81. The van der Waals surface area contributed by atoms with Crippen molar-refractivity contribution in [2.45, 2.75) is 32.6 Å². The Morgan fingerprint density at radius 2 is 1.68 bits per heavy atom. The van der Waals surface area contributed by atoms with Crippen LogP contribution in [0.5, 0.6) is 5.75 Å². The van der Waals surface area contributed by atoms with Crippen LogP contribution in [0.4, 0.5) is 9.59 Å². The summed E-state index contributed by atoms with van der Waals surface area (Å²) in [5.74, 6) is 7.88. The molecule has 0 aliphatic heterocycles. The molecule has 1 aromatic carbocycles. The molecule has 11 heteroatoms. The minimum Gasteiger partial charge on any atom is -0.449 e. The molecule has 1 aromatic rings. The van der Waals surface area contributed by atoms with Crippen LogP contribution in [0.2, 0.25) is 0 Å². The maximum Gasteiger partial charge on any atom is 0.513 e. The van der Waals surface area contributed by atoms with Crippen molar-refractivity contribution >= 4 is 22.5 Å². The summed E-state index contributed by atoms with van der Waals surface area (Å²) in [5, 5.41) is 0. The van der Waals surface area contributed by atoms with Gasteiger partial charge in [0.2, 0.25) is 0 Å². The normalized spacial score (nSPS) is 21.0. The van der Waals surface area contributed by atoms with Gasteiger partial charge in [-0.1, -0.05) is 17.7 Å². The summed E-state index contributed by atoms with van der Waals surface area (Å²) in [4.78, 5) is 23.4. The summed E-state index contributed by atoms with van der Waals surface area (Å²) in [5.41, 5.74) is 1.04. The highest BCUT2D eigenvalue weighted by Gasteiger charge is 2.49. The van der Waals surface area contributed by atoms with Crippen LogP contribution in [-0.4, -0.2) is 53.6 Å². The Kier molecular flexibility index (Phi) is 9.56. The zero-order chi connectivity index (χ0) is 24.4. The van der Waals surface area contributed by atoms with E-state index in [0.29, 0.717) is 17.6 Å². The van der Waals surface area contributed by atoms with Crippen LogP contribution in [-0.2, 0) is 24.4 Å². The van der Waals surface area contributed by atoms with Gasteiger partial charge in [-0.15, -0.1) is 11.8 Å². The second kappa shape index (κ2) is 12.6. The molecular weight excluding hydrogens is 464 g/mol. The van der Waals surface area contributed by atoms with E-state index in [9.17, 15) is 18.0 Å². The number of aryl methyl sites for hydroxylation is 1. The number of amides is 1. The predicted octanol–water partition coefficient (Wildman–Crippen LogP) is 2.53. The molecule has 1 unspecified atom stereocenters. The molecular formula is C23H30N2O8S. The molecule has 0 radical (unpaired) electrons. The Balaban J connectivity index is 1.20. The molecule has 1 saturated carbocycles. The first kappa shape index (κ1) is 25.8. The topological polar surface area (TPSA) is 129 Å². The molecule has 0 bridgehead atoms. The first-order valence-electron chi connectivity index (χ1n) is 11.2. The molecule has 0 heterocycles. The highest BCUT2D eigenvalue weighted by molar-refractivity contribution is 7.88. The van der Waals surface area contributed by atoms with Gasteiger partial charge in [0.25, 0.3) is 0 Å². The van der Waals surface area contributed by atoms with Crippen molar-refractivity contribution < 1.29 is 37.0 Å². The number of rotatable bonds is 11. The number of hydrogen-bond donors (Lipinski definition) is 2. The second-order valence-corrected chi connectivity index (χ2v) is 9.65. The van der Waals surface area contributed by atoms with E-state index in [1.807, 2.05) is 11.6 Å². The smallest absolute Gasteiger partial charge is 0.449 e. The van der Waals surface area contributed by atoms with Crippen LogP contribution >= 0.6 is 0 Å². The maximum absolute atomic E-state index is 11.9. The summed E-state index contributed by atoms with van der Waals surface area (Å²) in [7, 11) is -4.07. The highest BCUT2D eigenvalue weighted by Crippen LogP contribution is 2.52. The zero-order valence-electron chi connectivity index (χ0n) is 19.1. The van der Waals surface area contributed by atoms with Crippen LogP contribution in [0.25, 0.3) is 0 Å². The lowest BCUT2D eigenvalue weighted by atomic mass is 10.1. The first-order valence-corrected chi connectivity index (χ1v) is 12.7. The van der Waals surface area contributed by atoms with Gasteiger partial charge >= 0.3 is 22.5 Å². The van der Waals surface area contributed by atoms with Crippen molar-refractivity contribution in [2.24, 2.45) is 17.8 Å². The summed E-state index contributed by atoms with van der Waals surface area (Å²) in [6.45, 7) is 2.04. The van der Waals surface area contributed by atoms with Gasteiger partial charge in [0.1, 0.15) is 12.4 Å². The van der Waals surface area contributed by atoms with Crippen LogP contribution in [0.3, 0.4) is 0 Å². The largest absolute Gasteiger partial charge is 0.513 e. The lowest BCUT2D eigenvalue weighted by molar-refractivity contribution is 0.0538. The van der Waals surface area contributed by atoms with E-state index in [1.165, 1.54) is 0 Å². The van der Waals surface area contributed by atoms with Gasteiger partial charge in [-0.3, -0.25) is 0 Å². The number of nitrogens with one attached hydrogen (secondary N) is 2.